The van der Waals surface area contributed by atoms with Gasteiger partial charge in [-0.3, -0.25) is 9.89 Å². The maximum atomic E-state index is 14.4. The van der Waals surface area contributed by atoms with E-state index in [0.29, 0.717) is 5.69 Å². The van der Waals surface area contributed by atoms with E-state index in [2.05, 4.69) is 15.2 Å². The maximum Gasteiger partial charge on any atom is 0.427 e. The third-order valence-corrected chi connectivity index (χ3v) is 3.04. The van der Waals surface area contributed by atoms with Gasteiger partial charge in [-0.15, -0.1) is 0 Å². The van der Waals surface area contributed by atoms with Crippen LogP contribution in [0, 0.1) is 6.92 Å². The minimum Gasteiger partial charge on any atom is -0.429 e. The van der Waals surface area contributed by atoms with Crippen LogP contribution < -0.4 is 10.3 Å². The molecule has 0 saturated carbocycles. The Bertz CT molecular complexity index is 840. The molecule has 2 N–H and O–H groups in total. The summed E-state index contributed by atoms with van der Waals surface area (Å²) in [5, 5.41) is 6.51. The maximum absolute atomic E-state index is 14.4. The SMILES string of the molecule is Cc1[nH]nc2[nH]c(=O)cc(C(F)(F)Oc3ccccc3)c12. The number of para-hydroxylation sites is 1. The van der Waals surface area contributed by atoms with E-state index in [1.54, 1.807) is 25.1 Å². The van der Waals surface area contributed by atoms with E-state index in [4.69, 9.17) is 4.74 Å². The molecule has 3 aromatic rings. The molecule has 0 aliphatic rings. The van der Waals surface area contributed by atoms with Crippen LogP contribution >= 0.6 is 0 Å². The summed E-state index contributed by atoms with van der Waals surface area (Å²) in [7, 11) is 0. The number of aromatic nitrogens is 3. The summed E-state index contributed by atoms with van der Waals surface area (Å²) < 4.78 is 33.5. The van der Waals surface area contributed by atoms with Crippen LogP contribution in [0.4, 0.5) is 8.78 Å². The van der Waals surface area contributed by atoms with Gasteiger partial charge < -0.3 is 9.72 Å². The molecule has 0 bridgehead atoms. The lowest BCUT2D eigenvalue weighted by Crippen LogP contribution is -2.24. The summed E-state index contributed by atoms with van der Waals surface area (Å²) in [6, 6.07) is 8.52. The first-order valence-corrected chi connectivity index (χ1v) is 6.18. The van der Waals surface area contributed by atoms with E-state index < -0.39 is 17.2 Å². The molecule has 1 aromatic carbocycles. The number of fused-ring (bicyclic) bond motifs is 1. The summed E-state index contributed by atoms with van der Waals surface area (Å²) >= 11 is 0. The van der Waals surface area contributed by atoms with Crippen LogP contribution in [-0.4, -0.2) is 15.2 Å². The second kappa shape index (κ2) is 4.69. The Morgan fingerprint density at radius 1 is 1.24 bits per heavy atom. The van der Waals surface area contributed by atoms with Gasteiger partial charge in [-0.05, 0) is 19.1 Å². The first-order valence-electron chi connectivity index (χ1n) is 6.18. The number of hydrogen-bond acceptors (Lipinski definition) is 3. The van der Waals surface area contributed by atoms with E-state index in [0.717, 1.165) is 6.07 Å². The lowest BCUT2D eigenvalue weighted by molar-refractivity contribution is -0.184. The number of aromatic amines is 2. The molecular weight excluding hydrogens is 280 g/mol. The average Bonchev–Trinajstić information content (AvgIpc) is 2.80. The number of alkyl halides is 2. The Morgan fingerprint density at radius 3 is 2.67 bits per heavy atom. The highest BCUT2D eigenvalue weighted by atomic mass is 19.3. The number of ether oxygens (including phenoxy) is 1. The number of nitrogens with zero attached hydrogens (tertiary/aromatic N) is 1. The summed E-state index contributed by atoms with van der Waals surface area (Å²) in [6.45, 7) is 1.59. The number of rotatable bonds is 3. The zero-order chi connectivity index (χ0) is 15.0. The molecule has 3 rings (SSSR count). The molecule has 0 spiro atoms. The van der Waals surface area contributed by atoms with Crippen molar-refractivity contribution in [1.29, 1.82) is 0 Å². The third kappa shape index (κ3) is 2.37. The second-order valence-electron chi connectivity index (χ2n) is 4.55. The van der Waals surface area contributed by atoms with Gasteiger partial charge in [-0.1, -0.05) is 18.2 Å². The fourth-order valence-electron chi connectivity index (χ4n) is 2.13. The zero-order valence-corrected chi connectivity index (χ0v) is 11.0. The number of halogens is 2. The largest absolute Gasteiger partial charge is 0.429 e. The van der Waals surface area contributed by atoms with E-state index in [9.17, 15) is 13.6 Å². The Balaban J connectivity index is 2.14. The topological polar surface area (TPSA) is 70.8 Å². The molecule has 0 unspecified atom stereocenters. The molecule has 2 heterocycles. The van der Waals surface area contributed by atoms with E-state index in [-0.39, 0.29) is 16.8 Å². The van der Waals surface area contributed by atoms with Gasteiger partial charge in [0.15, 0.2) is 5.65 Å². The minimum atomic E-state index is -3.65. The summed E-state index contributed by atoms with van der Waals surface area (Å²) in [5.41, 5.74) is -0.685. The molecule has 21 heavy (non-hydrogen) atoms. The van der Waals surface area contributed by atoms with Crippen molar-refractivity contribution in [2.45, 2.75) is 13.0 Å². The number of aryl methyl sites for hydroxylation is 1. The monoisotopic (exact) mass is 291 g/mol. The Labute approximate surface area is 117 Å². The summed E-state index contributed by atoms with van der Waals surface area (Å²) in [5.74, 6) is 0.0112. The molecule has 0 radical (unpaired) electrons. The van der Waals surface area contributed by atoms with Crippen LogP contribution in [0.15, 0.2) is 41.2 Å². The number of nitrogens with one attached hydrogen (secondary N) is 2. The number of hydrogen-bond donors (Lipinski definition) is 2. The molecule has 0 saturated heterocycles. The highest BCUT2D eigenvalue weighted by molar-refractivity contribution is 5.81. The number of pyridine rings is 1. The first-order chi connectivity index (χ1) is 9.97. The van der Waals surface area contributed by atoms with Crippen LogP contribution in [0.25, 0.3) is 11.0 Å². The highest BCUT2D eigenvalue weighted by Gasteiger charge is 2.38. The summed E-state index contributed by atoms with van der Waals surface area (Å²) in [4.78, 5) is 13.9. The molecule has 0 amide bonds. The van der Waals surface area contributed by atoms with Crippen molar-refractivity contribution in [2.75, 3.05) is 0 Å². The van der Waals surface area contributed by atoms with Crippen LogP contribution in [0.1, 0.15) is 11.3 Å². The standard InChI is InChI=1S/C14H11F2N3O2/c1-8-12-10(7-11(20)17-13(12)19-18-8)14(15,16)21-9-5-3-2-4-6-9/h2-7H,1H3,(H2,17,18,19,20). The van der Waals surface area contributed by atoms with Crippen molar-refractivity contribution in [3.8, 4) is 5.75 Å². The van der Waals surface area contributed by atoms with Gasteiger partial charge >= 0.3 is 6.11 Å². The van der Waals surface area contributed by atoms with Crippen molar-refractivity contribution in [3.05, 3.63) is 58.0 Å². The van der Waals surface area contributed by atoms with Gasteiger partial charge in [0.05, 0.1) is 10.9 Å². The Hall–Kier alpha value is -2.70. The quantitative estimate of drug-likeness (QED) is 0.779. The predicted octanol–water partition coefficient (Wildman–Crippen LogP) is 2.69. The van der Waals surface area contributed by atoms with Gasteiger partial charge in [0.25, 0.3) is 0 Å². The van der Waals surface area contributed by atoms with E-state index >= 15 is 0 Å². The molecule has 2 aromatic heterocycles. The van der Waals surface area contributed by atoms with Crippen molar-refractivity contribution in [1.82, 2.24) is 15.2 Å². The van der Waals surface area contributed by atoms with Crippen molar-refractivity contribution < 1.29 is 13.5 Å². The molecule has 0 fully saturated rings. The van der Waals surface area contributed by atoms with Crippen molar-refractivity contribution in [2.24, 2.45) is 0 Å². The molecule has 108 valence electrons. The molecule has 0 atom stereocenters. The van der Waals surface area contributed by atoms with Gasteiger partial charge in [0, 0.05) is 11.8 Å². The highest BCUT2D eigenvalue weighted by Crippen LogP contribution is 2.35. The second-order valence-corrected chi connectivity index (χ2v) is 4.55. The third-order valence-electron chi connectivity index (χ3n) is 3.04. The molecular formula is C14H11F2N3O2. The Morgan fingerprint density at radius 2 is 1.95 bits per heavy atom. The number of benzene rings is 1. The van der Waals surface area contributed by atoms with Gasteiger partial charge in [-0.25, -0.2) is 0 Å². The van der Waals surface area contributed by atoms with E-state index in [1.807, 2.05) is 0 Å². The lowest BCUT2D eigenvalue weighted by atomic mass is 10.1. The van der Waals surface area contributed by atoms with E-state index in [1.165, 1.54) is 12.1 Å². The first kappa shape index (κ1) is 13.3. The molecule has 7 heteroatoms. The minimum absolute atomic E-state index is 0.0112. The van der Waals surface area contributed by atoms with Crippen LogP contribution in [-0.2, 0) is 6.11 Å². The normalized spacial score (nSPS) is 11.8. The predicted molar refractivity (Wildman–Crippen MR) is 72.4 cm³/mol. The molecule has 0 aliphatic heterocycles. The smallest absolute Gasteiger partial charge is 0.427 e. The molecule has 5 nitrogen and oxygen atoms in total. The van der Waals surface area contributed by atoms with Crippen molar-refractivity contribution in [3.63, 3.8) is 0 Å². The van der Waals surface area contributed by atoms with Gasteiger partial charge in [0.2, 0.25) is 5.56 Å². The summed E-state index contributed by atoms with van der Waals surface area (Å²) in [6.07, 6.45) is -3.65. The van der Waals surface area contributed by atoms with Crippen LogP contribution in [0.5, 0.6) is 5.75 Å². The zero-order valence-electron chi connectivity index (χ0n) is 11.0. The average molecular weight is 291 g/mol. The molecule has 0 aliphatic carbocycles. The Kier molecular flexibility index (Phi) is 2.97. The lowest BCUT2D eigenvalue weighted by Gasteiger charge is -2.18. The van der Waals surface area contributed by atoms with Crippen LogP contribution in [0.2, 0.25) is 0 Å². The van der Waals surface area contributed by atoms with Crippen molar-refractivity contribution >= 4 is 11.0 Å². The van der Waals surface area contributed by atoms with Gasteiger partial charge in [-0.2, -0.15) is 13.9 Å². The van der Waals surface area contributed by atoms with Gasteiger partial charge in [0.1, 0.15) is 5.75 Å². The fraction of sp³-hybridized carbons (Fsp3) is 0.143. The fourth-order valence-corrected chi connectivity index (χ4v) is 2.13. The number of H-pyrrole nitrogens is 2. The van der Waals surface area contributed by atoms with Crippen LogP contribution in [0.3, 0.4) is 0 Å².